The highest BCUT2D eigenvalue weighted by molar-refractivity contribution is 5.65. The Labute approximate surface area is 93.9 Å². The molecule has 3 N–H and O–H groups in total. The molecule has 0 heterocycles. The van der Waals surface area contributed by atoms with Gasteiger partial charge in [0.1, 0.15) is 0 Å². The van der Waals surface area contributed by atoms with Gasteiger partial charge in [0.25, 0.3) is 0 Å². The standard InChI is InChI=1S/C12H15NO3/c14-7-8-4-5-10-9(6-8)2-1-3-11(10)13-12(15)16/h4-6,11,13-14H,1-3,7H2,(H,15,16). The van der Waals surface area contributed by atoms with Crippen molar-refractivity contribution >= 4 is 6.09 Å². The first-order valence-corrected chi connectivity index (χ1v) is 5.42. The summed E-state index contributed by atoms with van der Waals surface area (Å²) in [6, 6.07) is 5.63. The Bertz CT molecular complexity index is 403. The third-order valence-electron chi connectivity index (χ3n) is 3.00. The number of carbonyl (C=O) groups is 1. The van der Waals surface area contributed by atoms with Crippen molar-refractivity contribution in [2.45, 2.75) is 31.9 Å². The summed E-state index contributed by atoms with van der Waals surface area (Å²) < 4.78 is 0. The minimum atomic E-state index is -0.982. The average molecular weight is 221 g/mol. The molecule has 1 aromatic carbocycles. The Morgan fingerprint density at radius 2 is 2.31 bits per heavy atom. The van der Waals surface area contributed by atoms with E-state index in [0.29, 0.717) is 0 Å². The zero-order valence-electron chi connectivity index (χ0n) is 8.94. The van der Waals surface area contributed by atoms with Gasteiger partial charge in [0, 0.05) is 0 Å². The third-order valence-corrected chi connectivity index (χ3v) is 3.00. The first-order valence-electron chi connectivity index (χ1n) is 5.42. The summed E-state index contributed by atoms with van der Waals surface area (Å²) in [6.07, 6.45) is 1.80. The number of nitrogens with one attached hydrogen (secondary N) is 1. The number of amides is 1. The molecule has 0 spiro atoms. The first kappa shape index (κ1) is 11.0. The van der Waals surface area contributed by atoms with Crippen LogP contribution in [0.1, 0.15) is 35.6 Å². The maximum absolute atomic E-state index is 10.6. The summed E-state index contributed by atoms with van der Waals surface area (Å²) in [5, 5.41) is 20.3. The normalized spacial score (nSPS) is 18.9. The Kier molecular flexibility index (Phi) is 3.10. The summed E-state index contributed by atoms with van der Waals surface area (Å²) in [5.41, 5.74) is 3.08. The maximum Gasteiger partial charge on any atom is 0.405 e. The fourth-order valence-corrected chi connectivity index (χ4v) is 2.27. The second kappa shape index (κ2) is 4.53. The van der Waals surface area contributed by atoms with Crippen LogP contribution in [0.4, 0.5) is 4.79 Å². The largest absolute Gasteiger partial charge is 0.465 e. The lowest BCUT2D eigenvalue weighted by Gasteiger charge is -2.25. The van der Waals surface area contributed by atoms with Gasteiger partial charge in [-0.05, 0) is 36.0 Å². The monoisotopic (exact) mass is 221 g/mol. The van der Waals surface area contributed by atoms with Gasteiger partial charge in [0.05, 0.1) is 12.6 Å². The lowest BCUT2D eigenvalue weighted by Crippen LogP contribution is -2.29. The van der Waals surface area contributed by atoms with Gasteiger partial charge < -0.3 is 15.5 Å². The van der Waals surface area contributed by atoms with Crippen molar-refractivity contribution in [3.05, 3.63) is 34.9 Å². The topological polar surface area (TPSA) is 69.6 Å². The summed E-state index contributed by atoms with van der Waals surface area (Å²) in [7, 11) is 0. The second-order valence-electron chi connectivity index (χ2n) is 4.09. The zero-order valence-corrected chi connectivity index (χ0v) is 8.94. The number of hydrogen-bond donors (Lipinski definition) is 3. The molecule has 1 unspecified atom stereocenters. The fraction of sp³-hybridized carbons (Fsp3) is 0.417. The molecule has 1 aromatic rings. The van der Waals surface area contributed by atoms with Crippen molar-refractivity contribution in [3.63, 3.8) is 0 Å². The molecule has 0 fully saturated rings. The van der Waals surface area contributed by atoms with Gasteiger partial charge in [-0.2, -0.15) is 0 Å². The van der Waals surface area contributed by atoms with E-state index in [0.717, 1.165) is 36.0 Å². The highest BCUT2D eigenvalue weighted by atomic mass is 16.4. The van der Waals surface area contributed by atoms with Crippen LogP contribution < -0.4 is 5.32 Å². The Morgan fingerprint density at radius 3 is 3.00 bits per heavy atom. The maximum atomic E-state index is 10.6. The molecule has 0 saturated heterocycles. The molecule has 2 rings (SSSR count). The quantitative estimate of drug-likeness (QED) is 0.713. The van der Waals surface area contributed by atoms with Gasteiger partial charge >= 0.3 is 6.09 Å². The smallest absolute Gasteiger partial charge is 0.405 e. The van der Waals surface area contributed by atoms with Crippen LogP contribution in [-0.2, 0) is 13.0 Å². The number of hydrogen-bond acceptors (Lipinski definition) is 2. The van der Waals surface area contributed by atoms with Crippen LogP contribution in [-0.4, -0.2) is 16.3 Å². The number of aliphatic hydroxyl groups excluding tert-OH is 1. The lowest BCUT2D eigenvalue weighted by atomic mass is 9.87. The summed E-state index contributed by atoms with van der Waals surface area (Å²) >= 11 is 0. The Morgan fingerprint density at radius 1 is 1.50 bits per heavy atom. The second-order valence-corrected chi connectivity index (χ2v) is 4.09. The predicted molar refractivity (Wildman–Crippen MR) is 59.2 cm³/mol. The molecule has 4 heteroatoms. The lowest BCUT2D eigenvalue weighted by molar-refractivity contribution is 0.188. The minimum Gasteiger partial charge on any atom is -0.465 e. The van der Waals surface area contributed by atoms with Gasteiger partial charge in [-0.25, -0.2) is 4.79 Å². The van der Waals surface area contributed by atoms with E-state index in [1.54, 1.807) is 0 Å². The van der Waals surface area contributed by atoms with E-state index >= 15 is 0 Å². The first-order chi connectivity index (χ1) is 7.70. The van der Waals surface area contributed by atoms with Crippen LogP contribution in [0.15, 0.2) is 18.2 Å². The van der Waals surface area contributed by atoms with Crippen molar-refractivity contribution in [1.29, 1.82) is 0 Å². The SMILES string of the molecule is O=C(O)NC1CCCc2cc(CO)ccc21. The molecule has 1 atom stereocenters. The molecule has 1 aliphatic carbocycles. The molecule has 86 valence electrons. The number of aryl methyl sites for hydroxylation is 1. The summed E-state index contributed by atoms with van der Waals surface area (Å²) in [6.45, 7) is 0.0320. The number of carboxylic acid groups (broad SMARTS) is 1. The molecular weight excluding hydrogens is 206 g/mol. The van der Waals surface area contributed by atoms with Gasteiger partial charge in [-0.3, -0.25) is 0 Å². The van der Waals surface area contributed by atoms with E-state index in [2.05, 4.69) is 5.32 Å². The highest BCUT2D eigenvalue weighted by Gasteiger charge is 2.21. The van der Waals surface area contributed by atoms with Crippen LogP contribution in [0.5, 0.6) is 0 Å². The van der Waals surface area contributed by atoms with Crippen LogP contribution in [0.3, 0.4) is 0 Å². The highest BCUT2D eigenvalue weighted by Crippen LogP contribution is 2.30. The van der Waals surface area contributed by atoms with Crippen molar-refractivity contribution in [2.75, 3.05) is 0 Å². The van der Waals surface area contributed by atoms with Crippen LogP contribution >= 0.6 is 0 Å². The van der Waals surface area contributed by atoms with Crippen LogP contribution in [0.25, 0.3) is 0 Å². The number of rotatable bonds is 2. The van der Waals surface area contributed by atoms with Gasteiger partial charge in [0.2, 0.25) is 0 Å². The van der Waals surface area contributed by atoms with Gasteiger partial charge in [0.15, 0.2) is 0 Å². The summed E-state index contributed by atoms with van der Waals surface area (Å²) in [4.78, 5) is 10.6. The van der Waals surface area contributed by atoms with Crippen molar-refractivity contribution in [3.8, 4) is 0 Å². The van der Waals surface area contributed by atoms with Crippen molar-refractivity contribution in [2.24, 2.45) is 0 Å². The molecule has 0 saturated carbocycles. The van der Waals surface area contributed by atoms with Gasteiger partial charge in [-0.15, -0.1) is 0 Å². The Hall–Kier alpha value is -1.55. The van der Waals surface area contributed by atoms with Crippen LogP contribution in [0.2, 0.25) is 0 Å². The molecule has 0 radical (unpaired) electrons. The Balaban J connectivity index is 2.28. The zero-order chi connectivity index (χ0) is 11.5. The van der Waals surface area contributed by atoms with Crippen molar-refractivity contribution < 1.29 is 15.0 Å². The molecule has 1 aliphatic rings. The molecular formula is C12H15NO3. The molecule has 16 heavy (non-hydrogen) atoms. The number of fused-ring (bicyclic) bond motifs is 1. The van der Waals surface area contributed by atoms with E-state index in [1.165, 1.54) is 0 Å². The fourth-order valence-electron chi connectivity index (χ4n) is 2.27. The van der Waals surface area contributed by atoms with E-state index in [-0.39, 0.29) is 12.6 Å². The van der Waals surface area contributed by atoms with E-state index in [4.69, 9.17) is 10.2 Å². The summed E-state index contributed by atoms with van der Waals surface area (Å²) in [5.74, 6) is 0. The van der Waals surface area contributed by atoms with Crippen molar-refractivity contribution in [1.82, 2.24) is 5.32 Å². The average Bonchev–Trinajstić information content (AvgIpc) is 2.28. The van der Waals surface area contributed by atoms with E-state index in [1.807, 2.05) is 18.2 Å². The number of aliphatic hydroxyl groups is 1. The van der Waals surface area contributed by atoms with Crippen LogP contribution in [0, 0.1) is 0 Å². The molecule has 0 aliphatic heterocycles. The minimum absolute atomic E-state index is 0.0320. The molecule has 1 amide bonds. The number of benzene rings is 1. The molecule has 0 bridgehead atoms. The van der Waals surface area contributed by atoms with E-state index < -0.39 is 6.09 Å². The molecule has 0 aromatic heterocycles. The van der Waals surface area contributed by atoms with Gasteiger partial charge in [-0.1, -0.05) is 18.2 Å². The predicted octanol–water partition coefficient (Wildman–Crippen LogP) is 1.82. The van der Waals surface area contributed by atoms with E-state index in [9.17, 15) is 4.79 Å². The third kappa shape index (κ3) is 2.17. The molecule has 4 nitrogen and oxygen atoms in total.